The Bertz CT molecular complexity index is 500. The van der Waals surface area contributed by atoms with Crippen molar-refractivity contribution in [1.29, 1.82) is 0 Å². The quantitative estimate of drug-likeness (QED) is 0.819. The molecule has 0 bridgehead atoms. The zero-order valence-electron chi connectivity index (χ0n) is 12.5. The lowest BCUT2D eigenvalue weighted by Gasteiger charge is -2.40. The van der Waals surface area contributed by atoms with Crippen LogP contribution in [0.25, 0.3) is 0 Å². The fourth-order valence-electron chi connectivity index (χ4n) is 2.99. The number of unbranched alkanes of at least 4 members (excludes halogenated alkanes) is 1. The number of amides is 1. The number of aliphatic carboxylic acids is 1. The fourth-order valence-corrected chi connectivity index (χ4v) is 2.99. The third-order valence-electron chi connectivity index (χ3n) is 4.32. The maximum Gasteiger partial charge on any atom is 0.303 e. The molecule has 0 aromatic heterocycles. The molecule has 1 aromatic carbocycles. The molecule has 21 heavy (non-hydrogen) atoms. The average Bonchev–Trinajstić information content (AvgIpc) is 2.48. The third kappa shape index (κ3) is 4.06. The predicted octanol–water partition coefficient (Wildman–Crippen LogP) is 2.82. The molecule has 1 aliphatic rings. The van der Waals surface area contributed by atoms with Gasteiger partial charge < -0.3 is 10.0 Å². The summed E-state index contributed by atoms with van der Waals surface area (Å²) in [4.78, 5) is 24.5. The van der Waals surface area contributed by atoms with Crippen molar-refractivity contribution in [3.8, 4) is 0 Å². The van der Waals surface area contributed by atoms with Crippen LogP contribution in [0.15, 0.2) is 30.3 Å². The van der Waals surface area contributed by atoms with E-state index in [4.69, 9.17) is 5.11 Å². The summed E-state index contributed by atoms with van der Waals surface area (Å²) >= 11 is 0. The van der Waals surface area contributed by atoms with Gasteiger partial charge in [0.05, 0.1) is 0 Å². The van der Waals surface area contributed by atoms with Crippen molar-refractivity contribution in [3.63, 3.8) is 0 Å². The number of benzene rings is 1. The van der Waals surface area contributed by atoms with Crippen LogP contribution in [0.3, 0.4) is 0 Å². The van der Waals surface area contributed by atoms with Crippen LogP contribution in [0.2, 0.25) is 0 Å². The number of carbonyl (C=O) groups is 2. The molecule has 0 radical (unpaired) electrons. The summed E-state index contributed by atoms with van der Waals surface area (Å²) in [6.45, 7) is 3.59. The monoisotopic (exact) mass is 289 g/mol. The Hall–Kier alpha value is -1.84. The summed E-state index contributed by atoms with van der Waals surface area (Å²) in [6, 6.07) is 10.3. The van der Waals surface area contributed by atoms with Gasteiger partial charge in [-0.2, -0.15) is 0 Å². The summed E-state index contributed by atoms with van der Waals surface area (Å²) < 4.78 is 0. The maximum atomic E-state index is 12.1. The van der Waals surface area contributed by atoms with Crippen molar-refractivity contribution >= 4 is 11.9 Å². The molecule has 1 amide bonds. The van der Waals surface area contributed by atoms with Crippen LogP contribution in [0.5, 0.6) is 0 Å². The lowest BCUT2D eigenvalue weighted by atomic mass is 9.75. The molecule has 1 saturated heterocycles. The summed E-state index contributed by atoms with van der Waals surface area (Å²) in [7, 11) is 0. The van der Waals surface area contributed by atoms with Gasteiger partial charge in [0.25, 0.3) is 0 Å². The molecule has 4 nitrogen and oxygen atoms in total. The first-order valence-corrected chi connectivity index (χ1v) is 7.56. The number of piperidine rings is 1. The number of carboxylic acids is 1. The maximum absolute atomic E-state index is 12.1. The number of rotatable bonds is 6. The van der Waals surface area contributed by atoms with Crippen molar-refractivity contribution in [1.82, 2.24) is 4.90 Å². The molecule has 1 aliphatic heterocycles. The molecule has 1 atom stereocenters. The Kier molecular flexibility index (Phi) is 4.99. The fraction of sp³-hybridized carbons (Fsp3) is 0.529. The Labute approximate surface area is 125 Å². The van der Waals surface area contributed by atoms with Crippen molar-refractivity contribution in [2.45, 2.75) is 44.4 Å². The minimum Gasteiger partial charge on any atom is -0.481 e. The Morgan fingerprint density at radius 1 is 1.29 bits per heavy atom. The van der Waals surface area contributed by atoms with Crippen LogP contribution in [0.1, 0.15) is 44.6 Å². The predicted molar refractivity (Wildman–Crippen MR) is 81.1 cm³/mol. The number of likely N-dealkylation sites (tertiary alicyclic amines) is 1. The van der Waals surface area contributed by atoms with E-state index in [1.54, 1.807) is 0 Å². The van der Waals surface area contributed by atoms with E-state index in [-0.39, 0.29) is 17.7 Å². The van der Waals surface area contributed by atoms with Gasteiger partial charge in [0, 0.05) is 31.3 Å². The molecule has 114 valence electrons. The van der Waals surface area contributed by atoms with Gasteiger partial charge in [-0.25, -0.2) is 0 Å². The Balaban J connectivity index is 1.96. The van der Waals surface area contributed by atoms with Crippen molar-refractivity contribution < 1.29 is 14.7 Å². The van der Waals surface area contributed by atoms with Gasteiger partial charge in [-0.3, -0.25) is 9.59 Å². The topological polar surface area (TPSA) is 57.6 Å². The van der Waals surface area contributed by atoms with Gasteiger partial charge in [0.1, 0.15) is 0 Å². The molecule has 2 rings (SSSR count). The second-order valence-electron chi connectivity index (χ2n) is 6.09. The van der Waals surface area contributed by atoms with E-state index in [9.17, 15) is 9.59 Å². The van der Waals surface area contributed by atoms with E-state index >= 15 is 0 Å². The SMILES string of the molecule is C[C@]1(c2ccccc2)CCC(=O)N(CCCCC(=O)O)C1. The van der Waals surface area contributed by atoms with E-state index in [2.05, 4.69) is 19.1 Å². The van der Waals surface area contributed by atoms with Crippen LogP contribution < -0.4 is 0 Å². The Morgan fingerprint density at radius 3 is 2.67 bits per heavy atom. The van der Waals surface area contributed by atoms with Crippen LogP contribution in [0.4, 0.5) is 0 Å². The number of nitrogens with zero attached hydrogens (tertiary/aromatic N) is 1. The van der Waals surface area contributed by atoms with Gasteiger partial charge >= 0.3 is 5.97 Å². The first-order chi connectivity index (χ1) is 10.0. The minimum absolute atomic E-state index is 0.00195. The normalized spacial score (nSPS) is 22.3. The van der Waals surface area contributed by atoms with Gasteiger partial charge in [-0.05, 0) is 24.8 Å². The van der Waals surface area contributed by atoms with E-state index < -0.39 is 5.97 Å². The largest absolute Gasteiger partial charge is 0.481 e. The van der Waals surface area contributed by atoms with Crippen LogP contribution in [-0.4, -0.2) is 35.0 Å². The first-order valence-electron chi connectivity index (χ1n) is 7.56. The third-order valence-corrected chi connectivity index (χ3v) is 4.32. The summed E-state index contributed by atoms with van der Waals surface area (Å²) in [5.74, 6) is -0.576. The molecule has 0 aliphatic carbocycles. The zero-order chi connectivity index (χ0) is 15.3. The van der Waals surface area contributed by atoms with E-state index in [1.807, 2.05) is 23.1 Å². The lowest BCUT2D eigenvalue weighted by molar-refractivity contribution is -0.137. The minimum atomic E-state index is -0.769. The summed E-state index contributed by atoms with van der Waals surface area (Å²) in [5.41, 5.74) is 1.27. The Morgan fingerprint density at radius 2 is 2.00 bits per heavy atom. The molecule has 1 N–H and O–H groups in total. The first kappa shape index (κ1) is 15.5. The van der Waals surface area contributed by atoms with Crippen LogP contribution in [-0.2, 0) is 15.0 Å². The van der Waals surface area contributed by atoms with E-state index in [0.29, 0.717) is 19.4 Å². The second-order valence-corrected chi connectivity index (χ2v) is 6.09. The highest BCUT2D eigenvalue weighted by Crippen LogP contribution is 2.34. The van der Waals surface area contributed by atoms with Gasteiger partial charge in [0.15, 0.2) is 0 Å². The molecular weight excluding hydrogens is 266 g/mol. The second kappa shape index (κ2) is 6.74. The molecule has 0 saturated carbocycles. The molecule has 0 spiro atoms. The highest BCUT2D eigenvalue weighted by Gasteiger charge is 2.35. The number of carbonyl (C=O) groups excluding carboxylic acids is 1. The standard InChI is InChI=1S/C17H23NO3/c1-17(14-7-3-2-4-8-14)11-10-15(19)18(13-17)12-6-5-9-16(20)21/h2-4,7-8H,5-6,9-13H2,1H3,(H,20,21)/t17-/m0/s1. The van der Waals surface area contributed by atoms with Crippen molar-refractivity contribution in [3.05, 3.63) is 35.9 Å². The van der Waals surface area contributed by atoms with Crippen molar-refractivity contribution in [2.24, 2.45) is 0 Å². The van der Waals surface area contributed by atoms with Crippen LogP contribution >= 0.6 is 0 Å². The summed E-state index contributed by atoms with van der Waals surface area (Å²) in [6.07, 6.45) is 3.01. The van der Waals surface area contributed by atoms with E-state index in [0.717, 1.165) is 19.4 Å². The van der Waals surface area contributed by atoms with Gasteiger partial charge in [-0.15, -0.1) is 0 Å². The highest BCUT2D eigenvalue weighted by molar-refractivity contribution is 5.77. The zero-order valence-corrected chi connectivity index (χ0v) is 12.5. The molecule has 1 fully saturated rings. The van der Waals surface area contributed by atoms with Gasteiger partial charge in [0.2, 0.25) is 5.91 Å². The number of hydrogen-bond donors (Lipinski definition) is 1. The van der Waals surface area contributed by atoms with Crippen molar-refractivity contribution in [2.75, 3.05) is 13.1 Å². The smallest absolute Gasteiger partial charge is 0.303 e. The average molecular weight is 289 g/mol. The molecular formula is C17H23NO3. The molecule has 1 aromatic rings. The summed E-state index contributed by atoms with van der Waals surface area (Å²) in [5, 5.41) is 8.65. The molecule has 0 unspecified atom stereocenters. The molecule has 4 heteroatoms. The highest BCUT2D eigenvalue weighted by atomic mass is 16.4. The molecule has 1 heterocycles. The van der Waals surface area contributed by atoms with Crippen LogP contribution in [0, 0.1) is 0 Å². The van der Waals surface area contributed by atoms with Gasteiger partial charge in [-0.1, -0.05) is 37.3 Å². The lowest BCUT2D eigenvalue weighted by Crippen LogP contribution is -2.47. The number of hydrogen-bond acceptors (Lipinski definition) is 2. The number of carboxylic acid groups (broad SMARTS) is 1. The van der Waals surface area contributed by atoms with E-state index in [1.165, 1.54) is 5.56 Å².